The van der Waals surface area contributed by atoms with Gasteiger partial charge in [0, 0.05) is 16.6 Å². The normalized spacial score (nSPS) is 11.7. The summed E-state index contributed by atoms with van der Waals surface area (Å²) in [4.78, 5) is -0.0203. The maximum Gasteiger partial charge on any atom is 0.271 e. The summed E-state index contributed by atoms with van der Waals surface area (Å²) in [6, 6.07) is 10.5. The fraction of sp³-hybridized carbons (Fsp3) is 0.0667. The molecule has 2 aromatic carbocycles. The molecule has 22 heavy (non-hydrogen) atoms. The molecule has 0 aliphatic rings. The molecular formula is C15H12ClNO4S. The molecule has 5 nitrogen and oxygen atoms in total. The molecule has 1 heterocycles. The highest BCUT2D eigenvalue weighted by Crippen LogP contribution is 2.31. The number of hydrogen-bond acceptors (Lipinski definition) is 4. The number of nitrogens with zero attached hydrogens (tertiary/aromatic N) is 1. The number of rotatable bonds is 3. The Bertz CT molecular complexity index is 963. The summed E-state index contributed by atoms with van der Waals surface area (Å²) < 4.78 is 32.0. The van der Waals surface area contributed by atoms with E-state index in [-0.39, 0.29) is 16.4 Å². The quantitative estimate of drug-likeness (QED) is 0.796. The third-order valence-electron chi connectivity index (χ3n) is 3.30. The van der Waals surface area contributed by atoms with Crippen molar-refractivity contribution < 1.29 is 18.3 Å². The molecule has 0 bridgehead atoms. The number of aromatic hydroxyl groups is 1. The molecule has 0 aliphatic heterocycles. The van der Waals surface area contributed by atoms with Crippen LogP contribution in [0.5, 0.6) is 11.5 Å². The first-order chi connectivity index (χ1) is 10.4. The van der Waals surface area contributed by atoms with Gasteiger partial charge in [0.1, 0.15) is 16.4 Å². The van der Waals surface area contributed by atoms with Crippen molar-refractivity contribution in [2.75, 3.05) is 7.11 Å². The van der Waals surface area contributed by atoms with Crippen molar-refractivity contribution in [2.45, 2.75) is 4.90 Å². The van der Waals surface area contributed by atoms with Crippen LogP contribution in [0.15, 0.2) is 53.6 Å². The summed E-state index contributed by atoms with van der Waals surface area (Å²) in [6.45, 7) is 0. The Balaban J connectivity index is 2.27. The predicted octanol–water partition coefficient (Wildman–Crippen LogP) is 3.25. The summed E-state index contributed by atoms with van der Waals surface area (Å²) in [7, 11) is -2.48. The molecule has 3 aromatic rings. The maximum absolute atomic E-state index is 12.9. The molecule has 0 spiro atoms. The molecule has 7 heteroatoms. The number of hydrogen-bond donors (Lipinski definition) is 1. The van der Waals surface area contributed by atoms with Gasteiger partial charge >= 0.3 is 0 Å². The molecule has 0 atom stereocenters. The number of halogens is 1. The summed E-state index contributed by atoms with van der Waals surface area (Å²) in [6.07, 6.45) is 1.43. The van der Waals surface area contributed by atoms with E-state index in [1.165, 1.54) is 37.6 Å². The molecular weight excluding hydrogens is 326 g/mol. The fourth-order valence-corrected chi connectivity index (χ4v) is 4.05. The first-order valence-electron chi connectivity index (χ1n) is 6.32. The molecule has 0 aliphatic carbocycles. The number of ether oxygens (including phenoxy) is 1. The third kappa shape index (κ3) is 2.30. The summed E-state index contributed by atoms with van der Waals surface area (Å²) >= 11 is 5.92. The summed E-state index contributed by atoms with van der Waals surface area (Å²) in [5, 5.41) is 10.4. The van der Waals surface area contributed by atoms with Gasteiger partial charge in [-0.3, -0.25) is 0 Å². The van der Waals surface area contributed by atoms with Gasteiger partial charge < -0.3 is 9.84 Å². The lowest BCUT2D eigenvalue weighted by Crippen LogP contribution is -2.13. The number of methoxy groups -OCH3 is 1. The molecule has 1 aromatic heterocycles. The van der Waals surface area contributed by atoms with E-state index in [1.807, 2.05) is 0 Å². The highest BCUT2D eigenvalue weighted by molar-refractivity contribution is 7.90. The first-order valence-corrected chi connectivity index (χ1v) is 8.14. The van der Waals surface area contributed by atoms with Crippen molar-refractivity contribution >= 4 is 32.5 Å². The Labute approximate surface area is 132 Å². The van der Waals surface area contributed by atoms with E-state index in [0.29, 0.717) is 15.9 Å². The van der Waals surface area contributed by atoms with Gasteiger partial charge in [0.2, 0.25) is 0 Å². The molecule has 0 unspecified atom stereocenters. The number of benzene rings is 2. The minimum atomic E-state index is -3.87. The van der Waals surface area contributed by atoms with Crippen LogP contribution < -0.4 is 4.74 Å². The van der Waals surface area contributed by atoms with E-state index in [1.54, 1.807) is 18.2 Å². The average molecular weight is 338 g/mol. The lowest BCUT2D eigenvalue weighted by atomic mass is 10.2. The topological polar surface area (TPSA) is 68.5 Å². The van der Waals surface area contributed by atoms with E-state index < -0.39 is 10.0 Å². The second kappa shape index (κ2) is 5.23. The van der Waals surface area contributed by atoms with Crippen molar-refractivity contribution in [2.24, 2.45) is 0 Å². The van der Waals surface area contributed by atoms with E-state index in [4.69, 9.17) is 16.3 Å². The van der Waals surface area contributed by atoms with E-state index in [9.17, 15) is 13.5 Å². The molecule has 0 radical (unpaired) electrons. The zero-order chi connectivity index (χ0) is 15.9. The Kier molecular flexibility index (Phi) is 3.50. The van der Waals surface area contributed by atoms with Crippen LogP contribution in [-0.2, 0) is 10.0 Å². The minimum absolute atomic E-state index is 0.0203. The summed E-state index contributed by atoms with van der Waals surface area (Å²) in [5.74, 6) is 0.285. The van der Waals surface area contributed by atoms with Crippen molar-refractivity contribution in [3.05, 3.63) is 53.7 Å². The largest absolute Gasteiger partial charge is 0.508 e. The first kappa shape index (κ1) is 14.7. The zero-order valence-corrected chi connectivity index (χ0v) is 13.1. The second-order valence-electron chi connectivity index (χ2n) is 4.65. The van der Waals surface area contributed by atoms with Crippen LogP contribution in [0.25, 0.3) is 10.9 Å². The molecule has 1 N–H and O–H groups in total. The van der Waals surface area contributed by atoms with E-state index in [2.05, 4.69) is 0 Å². The maximum atomic E-state index is 12.9. The Morgan fingerprint density at radius 1 is 1.14 bits per heavy atom. The number of phenolic OH excluding ortho intramolecular Hbond substituents is 1. The Hall–Kier alpha value is -2.18. The standard InChI is InChI=1S/C15H12ClNO4S/c1-21-14-5-2-11(16)9-15(14)22(19,20)17-7-6-10-8-12(18)3-4-13(10)17/h2-9,18H,1H3. The van der Waals surface area contributed by atoms with Crippen LogP contribution >= 0.6 is 11.6 Å². The van der Waals surface area contributed by atoms with Crippen molar-refractivity contribution in [3.8, 4) is 11.5 Å². The van der Waals surface area contributed by atoms with Crippen LogP contribution in [-0.4, -0.2) is 24.6 Å². The van der Waals surface area contributed by atoms with Crippen LogP contribution in [0, 0.1) is 0 Å². The van der Waals surface area contributed by atoms with Gasteiger partial charge in [-0.1, -0.05) is 11.6 Å². The molecule has 0 amide bonds. The number of aromatic nitrogens is 1. The Morgan fingerprint density at radius 2 is 1.91 bits per heavy atom. The smallest absolute Gasteiger partial charge is 0.271 e. The Morgan fingerprint density at radius 3 is 2.64 bits per heavy atom. The van der Waals surface area contributed by atoms with Crippen LogP contribution in [0.1, 0.15) is 0 Å². The molecule has 0 saturated carbocycles. The molecule has 0 fully saturated rings. The monoisotopic (exact) mass is 337 g/mol. The predicted molar refractivity (Wildman–Crippen MR) is 84.2 cm³/mol. The van der Waals surface area contributed by atoms with Crippen LogP contribution in [0.3, 0.4) is 0 Å². The van der Waals surface area contributed by atoms with Gasteiger partial charge in [0.05, 0.1) is 12.6 Å². The van der Waals surface area contributed by atoms with Gasteiger partial charge in [0.15, 0.2) is 0 Å². The van der Waals surface area contributed by atoms with Crippen molar-refractivity contribution in [1.82, 2.24) is 3.97 Å². The van der Waals surface area contributed by atoms with Crippen LogP contribution in [0.2, 0.25) is 5.02 Å². The average Bonchev–Trinajstić information content (AvgIpc) is 2.90. The molecule has 114 valence electrons. The molecule has 3 rings (SSSR count). The molecule has 0 saturated heterocycles. The highest BCUT2D eigenvalue weighted by Gasteiger charge is 2.23. The SMILES string of the molecule is COc1ccc(Cl)cc1S(=O)(=O)n1ccc2cc(O)ccc21. The number of phenols is 1. The van der Waals surface area contributed by atoms with E-state index >= 15 is 0 Å². The van der Waals surface area contributed by atoms with Gasteiger partial charge in [-0.05, 0) is 42.5 Å². The van der Waals surface area contributed by atoms with Gasteiger partial charge in [-0.15, -0.1) is 0 Å². The fourth-order valence-electron chi connectivity index (χ4n) is 2.27. The minimum Gasteiger partial charge on any atom is -0.508 e. The second-order valence-corrected chi connectivity index (χ2v) is 6.87. The summed E-state index contributed by atoms with van der Waals surface area (Å²) in [5.41, 5.74) is 0.458. The van der Waals surface area contributed by atoms with E-state index in [0.717, 1.165) is 3.97 Å². The highest BCUT2D eigenvalue weighted by atomic mass is 35.5. The van der Waals surface area contributed by atoms with Gasteiger partial charge in [-0.2, -0.15) is 0 Å². The third-order valence-corrected chi connectivity index (χ3v) is 5.25. The zero-order valence-electron chi connectivity index (χ0n) is 11.5. The number of fused-ring (bicyclic) bond motifs is 1. The van der Waals surface area contributed by atoms with Crippen molar-refractivity contribution in [3.63, 3.8) is 0 Å². The lowest BCUT2D eigenvalue weighted by molar-refractivity contribution is 0.402. The van der Waals surface area contributed by atoms with Gasteiger partial charge in [0.25, 0.3) is 10.0 Å². The van der Waals surface area contributed by atoms with Crippen LogP contribution in [0.4, 0.5) is 0 Å². The lowest BCUT2D eigenvalue weighted by Gasteiger charge is -2.12. The van der Waals surface area contributed by atoms with Gasteiger partial charge in [-0.25, -0.2) is 12.4 Å². The van der Waals surface area contributed by atoms with Crippen molar-refractivity contribution in [1.29, 1.82) is 0 Å².